The van der Waals surface area contributed by atoms with Gasteiger partial charge in [0.05, 0.1) is 0 Å². The van der Waals surface area contributed by atoms with E-state index in [1.165, 1.54) is 36.9 Å². The van der Waals surface area contributed by atoms with E-state index in [2.05, 4.69) is 55.4 Å². The molecule has 2 nitrogen and oxygen atoms in total. The number of nitrogens with one attached hydrogen (secondary N) is 1. The van der Waals surface area contributed by atoms with Gasteiger partial charge in [-0.05, 0) is 49.9 Å². The zero-order valence-electron chi connectivity index (χ0n) is 12.7. The Hall–Kier alpha value is -0.860. The van der Waals surface area contributed by atoms with Gasteiger partial charge in [0.1, 0.15) is 0 Å². The summed E-state index contributed by atoms with van der Waals surface area (Å²) in [5, 5.41) is 3.56. The van der Waals surface area contributed by atoms with Crippen LogP contribution < -0.4 is 5.32 Å². The van der Waals surface area contributed by atoms with Crippen molar-refractivity contribution < 1.29 is 0 Å². The molecule has 1 atom stereocenters. The molecule has 0 bridgehead atoms. The first-order valence-electron chi connectivity index (χ1n) is 7.63. The highest BCUT2D eigenvalue weighted by Gasteiger charge is 2.15. The second-order valence-corrected chi connectivity index (χ2v) is 6.40. The third kappa shape index (κ3) is 4.96. The van der Waals surface area contributed by atoms with Gasteiger partial charge in [-0.25, -0.2) is 0 Å². The van der Waals surface area contributed by atoms with E-state index < -0.39 is 0 Å². The van der Waals surface area contributed by atoms with Crippen LogP contribution in [-0.4, -0.2) is 31.1 Å². The van der Waals surface area contributed by atoms with Crippen LogP contribution in [0.25, 0.3) is 0 Å². The van der Waals surface area contributed by atoms with Crippen molar-refractivity contribution in [3.05, 3.63) is 35.4 Å². The van der Waals surface area contributed by atoms with Gasteiger partial charge in [-0.1, -0.05) is 38.1 Å². The highest BCUT2D eigenvalue weighted by molar-refractivity contribution is 5.22. The van der Waals surface area contributed by atoms with Crippen molar-refractivity contribution in [2.75, 3.05) is 20.1 Å². The maximum Gasteiger partial charge on any atom is 0.0231 e. The molecule has 106 valence electrons. The molecule has 2 heteroatoms. The molecular formula is C17H28N2. The molecule has 0 aliphatic carbocycles. The standard InChI is InChI=1S/C17H28N2/c1-14(2)11-15-6-8-16(9-7-15)12-19(3)13-17-5-4-10-18-17/h6-9,14,17-18H,4-5,10-13H2,1-3H3. The van der Waals surface area contributed by atoms with E-state index in [0.29, 0.717) is 6.04 Å². The van der Waals surface area contributed by atoms with Gasteiger partial charge in [0, 0.05) is 19.1 Å². The average Bonchev–Trinajstić information content (AvgIpc) is 2.83. The van der Waals surface area contributed by atoms with Crippen LogP contribution in [0.2, 0.25) is 0 Å². The monoisotopic (exact) mass is 260 g/mol. The van der Waals surface area contributed by atoms with Crippen molar-refractivity contribution in [3.63, 3.8) is 0 Å². The molecular weight excluding hydrogens is 232 g/mol. The lowest BCUT2D eigenvalue weighted by Crippen LogP contribution is -2.34. The third-order valence-electron chi connectivity index (χ3n) is 3.81. The van der Waals surface area contributed by atoms with Gasteiger partial charge in [0.25, 0.3) is 0 Å². The van der Waals surface area contributed by atoms with Crippen molar-refractivity contribution in [1.29, 1.82) is 0 Å². The minimum atomic E-state index is 0.699. The number of hydrogen-bond acceptors (Lipinski definition) is 2. The van der Waals surface area contributed by atoms with E-state index in [9.17, 15) is 0 Å². The minimum absolute atomic E-state index is 0.699. The minimum Gasteiger partial charge on any atom is -0.313 e. The molecule has 1 N–H and O–H groups in total. The summed E-state index contributed by atoms with van der Waals surface area (Å²) in [6.45, 7) is 7.96. The van der Waals surface area contributed by atoms with Gasteiger partial charge in [-0.3, -0.25) is 0 Å². The highest BCUT2D eigenvalue weighted by atomic mass is 15.1. The average molecular weight is 260 g/mol. The predicted octanol–water partition coefficient (Wildman–Crippen LogP) is 3.07. The molecule has 1 aliphatic heterocycles. The van der Waals surface area contributed by atoms with Gasteiger partial charge >= 0.3 is 0 Å². The fraction of sp³-hybridized carbons (Fsp3) is 0.647. The van der Waals surface area contributed by atoms with Crippen molar-refractivity contribution in [3.8, 4) is 0 Å². The van der Waals surface area contributed by atoms with Crippen LogP contribution in [0, 0.1) is 5.92 Å². The predicted molar refractivity (Wildman–Crippen MR) is 82.3 cm³/mol. The van der Waals surface area contributed by atoms with E-state index in [4.69, 9.17) is 0 Å². The molecule has 2 rings (SSSR count). The molecule has 1 unspecified atom stereocenters. The smallest absolute Gasteiger partial charge is 0.0231 e. The molecule has 1 aliphatic rings. The first-order valence-corrected chi connectivity index (χ1v) is 7.63. The maximum absolute atomic E-state index is 3.56. The molecule has 1 aromatic rings. The lowest BCUT2D eigenvalue weighted by atomic mass is 10.0. The number of nitrogens with zero attached hydrogens (tertiary/aromatic N) is 1. The Morgan fingerprint density at radius 2 is 1.89 bits per heavy atom. The topological polar surface area (TPSA) is 15.3 Å². The summed E-state index contributed by atoms with van der Waals surface area (Å²) >= 11 is 0. The lowest BCUT2D eigenvalue weighted by molar-refractivity contribution is 0.293. The molecule has 1 saturated heterocycles. The molecule has 1 heterocycles. The zero-order valence-corrected chi connectivity index (χ0v) is 12.7. The van der Waals surface area contributed by atoms with E-state index >= 15 is 0 Å². The normalized spacial score (nSPS) is 19.5. The molecule has 0 aromatic heterocycles. The Kier molecular flexibility index (Phi) is 5.41. The lowest BCUT2D eigenvalue weighted by Gasteiger charge is -2.21. The van der Waals surface area contributed by atoms with Gasteiger partial charge < -0.3 is 10.2 Å². The Morgan fingerprint density at radius 1 is 1.21 bits per heavy atom. The van der Waals surface area contributed by atoms with Gasteiger partial charge in [0.2, 0.25) is 0 Å². The number of hydrogen-bond donors (Lipinski definition) is 1. The zero-order chi connectivity index (χ0) is 13.7. The van der Waals surface area contributed by atoms with E-state index in [1.807, 2.05) is 0 Å². The highest BCUT2D eigenvalue weighted by Crippen LogP contribution is 2.12. The summed E-state index contributed by atoms with van der Waals surface area (Å²) in [5.41, 5.74) is 2.88. The second-order valence-electron chi connectivity index (χ2n) is 6.40. The molecule has 1 fully saturated rings. The van der Waals surface area contributed by atoms with Crippen LogP contribution in [0.1, 0.15) is 37.8 Å². The van der Waals surface area contributed by atoms with Gasteiger partial charge in [-0.2, -0.15) is 0 Å². The molecule has 19 heavy (non-hydrogen) atoms. The first-order chi connectivity index (χ1) is 9.13. The SMILES string of the molecule is CC(C)Cc1ccc(CN(C)CC2CCCN2)cc1. The molecule has 1 aromatic carbocycles. The summed E-state index contributed by atoms with van der Waals surface area (Å²) in [6, 6.07) is 9.85. The van der Waals surface area contributed by atoms with Crippen LogP contribution in [-0.2, 0) is 13.0 Å². The summed E-state index contributed by atoms with van der Waals surface area (Å²) in [7, 11) is 2.22. The molecule has 0 saturated carbocycles. The third-order valence-corrected chi connectivity index (χ3v) is 3.81. The van der Waals surface area contributed by atoms with Gasteiger partial charge in [-0.15, -0.1) is 0 Å². The van der Waals surface area contributed by atoms with Gasteiger partial charge in [0.15, 0.2) is 0 Å². The van der Waals surface area contributed by atoms with Crippen molar-refractivity contribution in [2.24, 2.45) is 5.92 Å². The van der Waals surface area contributed by atoms with Crippen LogP contribution >= 0.6 is 0 Å². The summed E-state index contributed by atoms with van der Waals surface area (Å²) in [4.78, 5) is 2.43. The Morgan fingerprint density at radius 3 is 2.47 bits per heavy atom. The molecule has 0 amide bonds. The number of likely N-dealkylation sites (N-methyl/N-ethyl adjacent to an activating group) is 1. The number of rotatable bonds is 6. The summed E-state index contributed by atoms with van der Waals surface area (Å²) in [6.07, 6.45) is 3.85. The van der Waals surface area contributed by atoms with Crippen LogP contribution in [0.15, 0.2) is 24.3 Å². The Bertz CT molecular complexity index is 363. The molecule has 0 spiro atoms. The van der Waals surface area contributed by atoms with Crippen molar-refractivity contribution in [2.45, 2.75) is 45.7 Å². The van der Waals surface area contributed by atoms with Crippen molar-refractivity contribution >= 4 is 0 Å². The maximum atomic E-state index is 3.56. The first kappa shape index (κ1) is 14.5. The van der Waals surface area contributed by atoms with E-state index in [0.717, 1.165) is 19.0 Å². The van der Waals surface area contributed by atoms with Crippen LogP contribution in [0.5, 0.6) is 0 Å². The van der Waals surface area contributed by atoms with E-state index in [-0.39, 0.29) is 0 Å². The van der Waals surface area contributed by atoms with Crippen LogP contribution in [0.4, 0.5) is 0 Å². The van der Waals surface area contributed by atoms with Crippen LogP contribution in [0.3, 0.4) is 0 Å². The second kappa shape index (κ2) is 7.06. The largest absolute Gasteiger partial charge is 0.313 e. The molecule has 0 radical (unpaired) electrons. The Labute approximate surface area is 118 Å². The Balaban J connectivity index is 1.81. The quantitative estimate of drug-likeness (QED) is 0.845. The summed E-state index contributed by atoms with van der Waals surface area (Å²) < 4.78 is 0. The fourth-order valence-electron chi connectivity index (χ4n) is 2.92. The fourth-order valence-corrected chi connectivity index (χ4v) is 2.92. The van der Waals surface area contributed by atoms with Crippen molar-refractivity contribution in [1.82, 2.24) is 10.2 Å². The number of benzene rings is 1. The van der Waals surface area contributed by atoms with E-state index in [1.54, 1.807) is 0 Å². The summed E-state index contributed by atoms with van der Waals surface area (Å²) in [5.74, 6) is 0.738.